The fourth-order valence-electron chi connectivity index (χ4n) is 3.58. The molecule has 0 atom stereocenters. The highest BCUT2D eigenvalue weighted by Crippen LogP contribution is 2.23. The molecular weight excluding hydrogens is 374 g/mol. The fourth-order valence-corrected chi connectivity index (χ4v) is 3.58. The zero-order chi connectivity index (χ0) is 20.4. The summed E-state index contributed by atoms with van der Waals surface area (Å²) in [6, 6.07) is 5.78. The molecule has 0 unspecified atom stereocenters. The van der Waals surface area contributed by atoms with E-state index < -0.39 is 0 Å². The van der Waals surface area contributed by atoms with E-state index in [1.807, 2.05) is 18.2 Å². The summed E-state index contributed by atoms with van der Waals surface area (Å²) in [5.74, 6) is 1.10. The number of aromatic nitrogens is 3. The Balaban J connectivity index is 1.59. The van der Waals surface area contributed by atoms with Crippen LogP contribution in [0.1, 0.15) is 16.1 Å². The molecule has 1 aliphatic rings. The van der Waals surface area contributed by atoms with Crippen molar-refractivity contribution >= 4 is 22.8 Å². The Morgan fingerprint density at radius 1 is 1.21 bits per heavy atom. The molecule has 0 radical (unpaired) electrons. The molecule has 0 spiro atoms. The van der Waals surface area contributed by atoms with Crippen molar-refractivity contribution in [2.45, 2.75) is 13.5 Å². The molecule has 1 amide bonds. The van der Waals surface area contributed by atoms with Crippen LogP contribution in [0.25, 0.3) is 11.1 Å². The number of carbonyl (C=O) groups excluding carboxylic acids is 1. The molecule has 0 aliphatic carbocycles. The van der Waals surface area contributed by atoms with E-state index in [9.17, 15) is 9.59 Å². The van der Waals surface area contributed by atoms with Crippen LogP contribution in [-0.2, 0) is 11.3 Å². The number of nitrogens with zero attached hydrogens (tertiary/aromatic N) is 5. The Bertz CT molecular complexity index is 1070. The predicted octanol–water partition coefficient (Wildman–Crippen LogP) is 1.30. The number of aryl methyl sites for hydroxylation is 1. The zero-order valence-electron chi connectivity index (χ0n) is 16.5. The summed E-state index contributed by atoms with van der Waals surface area (Å²) in [5.41, 5.74) is 0.201. The van der Waals surface area contributed by atoms with Gasteiger partial charge in [-0.05, 0) is 19.1 Å². The molecule has 3 aromatic heterocycles. The second-order valence-electron chi connectivity index (χ2n) is 6.92. The molecule has 1 saturated heterocycles. The summed E-state index contributed by atoms with van der Waals surface area (Å²) in [4.78, 5) is 38.6. The maximum atomic E-state index is 13.2. The van der Waals surface area contributed by atoms with Crippen LogP contribution in [0.15, 0.2) is 39.9 Å². The van der Waals surface area contributed by atoms with E-state index in [2.05, 4.69) is 14.9 Å². The van der Waals surface area contributed by atoms with Crippen LogP contribution < -0.4 is 10.5 Å². The van der Waals surface area contributed by atoms with Crippen molar-refractivity contribution < 1.29 is 13.9 Å². The number of carbonyl (C=O) groups is 1. The number of fused-ring (bicyclic) bond motifs is 1. The molecule has 29 heavy (non-hydrogen) atoms. The second-order valence-corrected chi connectivity index (χ2v) is 6.92. The van der Waals surface area contributed by atoms with E-state index in [1.54, 1.807) is 25.1 Å². The molecule has 152 valence electrons. The van der Waals surface area contributed by atoms with Gasteiger partial charge in [-0.1, -0.05) is 6.07 Å². The minimum Gasteiger partial charge on any atom is -0.442 e. The second kappa shape index (κ2) is 8.04. The van der Waals surface area contributed by atoms with Gasteiger partial charge in [0.05, 0.1) is 18.7 Å². The summed E-state index contributed by atoms with van der Waals surface area (Å²) in [6.07, 6.45) is 3.18. The molecule has 0 N–H and O–H groups in total. The molecule has 4 rings (SSSR count). The van der Waals surface area contributed by atoms with Crippen LogP contribution in [0.3, 0.4) is 0 Å². The highest BCUT2D eigenvalue weighted by molar-refractivity contribution is 6.06. The van der Waals surface area contributed by atoms with Crippen molar-refractivity contribution in [1.29, 1.82) is 0 Å². The predicted molar refractivity (Wildman–Crippen MR) is 107 cm³/mol. The van der Waals surface area contributed by atoms with Crippen molar-refractivity contribution in [2.75, 3.05) is 44.8 Å². The van der Waals surface area contributed by atoms with E-state index in [0.717, 1.165) is 5.82 Å². The van der Waals surface area contributed by atoms with Crippen molar-refractivity contribution in [3.05, 3.63) is 52.4 Å². The SMILES string of the molecule is COCCn1cnc2oc(C)c(C(=O)N3CCN(c4ccccn4)CC3)c2c1=O. The van der Waals surface area contributed by atoms with Gasteiger partial charge in [0.2, 0.25) is 5.71 Å². The zero-order valence-corrected chi connectivity index (χ0v) is 16.5. The molecule has 1 fully saturated rings. The third-order valence-corrected chi connectivity index (χ3v) is 5.15. The minimum absolute atomic E-state index is 0.191. The van der Waals surface area contributed by atoms with Crippen LogP contribution in [-0.4, -0.2) is 65.2 Å². The highest BCUT2D eigenvalue weighted by atomic mass is 16.5. The standard InChI is InChI=1S/C20H23N5O4/c1-14-16(17-18(29-14)22-13-25(20(17)27)11-12-28-2)19(26)24-9-7-23(8-10-24)15-5-3-4-6-21-15/h3-6,13H,7-12H2,1-2H3. The van der Waals surface area contributed by atoms with Crippen molar-refractivity contribution in [3.63, 3.8) is 0 Å². The van der Waals surface area contributed by atoms with Gasteiger partial charge in [0, 0.05) is 39.5 Å². The number of amides is 1. The van der Waals surface area contributed by atoms with Crippen LogP contribution in [0.4, 0.5) is 5.82 Å². The van der Waals surface area contributed by atoms with Gasteiger partial charge in [-0.15, -0.1) is 0 Å². The fraction of sp³-hybridized carbons (Fsp3) is 0.400. The lowest BCUT2D eigenvalue weighted by Crippen LogP contribution is -2.49. The number of rotatable bonds is 5. The molecule has 0 saturated carbocycles. The molecule has 3 aromatic rings. The Hall–Kier alpha value is -3.20. The number of hydrogen-bond donors (Lipinski definition) is 0. The maximum Gasteiger partial charge on any atom is 0.265 e. The number of piperazine rings is 1. The molecular formula is C20H23N5O4. The highest BCUT2D eigenvalue weighted by Gasteiger charge is 2.29. The van der Waals surface area contributed by atoms with Crippen molar-refractivity contribution in [3.8, 4) is 0 Å². The quantitative estimate of drug-likeness (QED) is 0.641. The molecule has 0 aromatic carbocycles. The molecule has 4 heterocycles. The average molecular weight is 397 g/mol. The number of methoxy groups -OCH3 is 1. The lowest BCUT2D eigenvalue weighted by atomic mass is 10.1. The van der Waals surface area contributed by atoms with Gasteiger partial charge in [-0.3, -0.25) is 14.2 Å². The number of ether oxygens (including phenoxy) is 1. The summed E-state index contributed by atoms with van der Waals surface area (Å²) in [6.45, 7) is 4.86. The van der Waals surface area contributed by atoms with Crippen LogP contribution in [0.5, 0.6) is 0 Å². The largest absolute Gasteiger partial charge is 0.442 e. The Kier molecular flexibility index (Phi) is 5.30. The van der Waals surface area contributed by atoms with Crippen LogP contribution in [0, 0.1) is 6.92 Å². The van der Waals surface area contributed by atoms with Gasteiger partial charge in [-0.25, -0.2) is 9.97 Å². The Labute approximate surface area is 167 Å². The average Bonchev–Trinajstić information content (AvgIpc) is 3.10. The maximum absolute atomic E-state index is 13.2. The van der Waals surface area contributed by atoms with Gasteiger partial charge < -0.3 is 19.0 Å². The number of anilines is 1. The van der Waals surface area contributed by atoms with E-state index in [-0.39, 0.29) is 22.6 Å². The van der Waals surface area contributed by atoms with Gasteiger partial charge in [0.15, 0.2) is 0 Å². The van der Waals surface area contributed by atoms with Crippen LogP contribution in [0.2, 0.25) is 0 Å². The van der Waals surface area contributed by atoms with Crippen molar-refractivity contribution in [1.82, 2.24) is 19.4 Å². The van der Waals surface area contributed by atoms with E-state index in [4.69, 9.17) is 9.15 Å². The van der Waals surface area contributed by atoms with Gasteiger partial charge in [-0.2, -0.15) is 0 Å². The van der Waals surface area contributed by atoms with Gasteiger partial charge >= 0.3 is 0 Å². The van der Waals surface area contributed by atoms with E-state index in [1.165, 1.54) is 10.9 Å². The number of pyridine rings is 1. The number of furan rings is 1. The first-order chi connectivity index (χ1) is 14.1. The van der Waals surface area contributed by atoms with Crippen molar-refractivity contribution in [2.24, 2.45) is 0 Å². The third kappa shape index (κ3) is 3.61. The third-order valence-electron chi connectivity index (χ3n) is 5.15. The topological polar surface area (TPSA) is 93.7 Å². The Morgan fingerprint density at radius 2 is 2.00 bits per heavy atom. The molecule has 1 aliphatic heterocycles. The minimum atomic E-state index is -0.292. The van der Waals surface area contributed by atoms with Gasteiger partial charge in [0.1, 0.15) is 23.3 Å². The smallest absolute Gasteiger partial charge is 0.265 e. The van der Waals surface area contributed by atoms with Gasteiger partial charge in [0.25, 0.3) is 11.5 Å². The monoisotopic (exact) mass is 397 g/mol. The first-order valence-corrected chi connectivity index (χ1v) is 9.53. The summed E-state index contributed by atoms with van der Waals surface area (Å²) < 4.78 is 12.1. The number of hydrogen-bond acceptors (Lipinski definition) is 7. The summed E-state index contributed by atoms with van der Waals surface area (Å²) >= 11 is 0. The summed E-state index contributed by atoms with van der Waals surface area (Å²) in [7, 11) is 1.57. The molecule has 9 heteroatoms. The van der Waals surface area contributed by atoms with E-state index >= 15 is 0 Å². The normalized spacial score (nSPS) is 14.6. The first kappa shape index (κ1) is 19.1. The van der Waals surface area contributed by atoms with Crippen LogP contribution >= 0.6 is 0 Å². The lowest BCUT2D eigenvalue weighted by molar-refractivity contribution is 0.0746. The molecule has 0 bridgehead atoms. The summed E-state index contributed by atoms with van der Waals surface area (Å²) in [5, 5.41) is 0.234. The first-order valence-electron chi connectivity index (χ1n) is 9.53. The Morgan fingerprint density at radius 3 is 2.69 bits per heavy atom. The lowest BCUT2D eigenvalue weighted by Gasteiger charge is -2.35. The van der Waals surface area contributed by atoms with E-state index in [0.29, 0.717) is 50.7 Å². The molecule has 9 nitrogen and oxygen atoms in total.